The maximum atomic E-state index is 12.9. The number of anilines is 1. The van der Waals surface area contributed by atoms with Gasteiger partial charge in [0.05, 0.1) is 17.5 Å². The van der Waals surface area contributed by atoms with Crippen LogP contribution in [0.3, 0.4) is 0 Å². The van der Waals surface area contributed by atoms with E-state index in [0.717, 1.165) is 24.3 Å². The molecule has 0 aliphatic carbocycles. The van der Waals surface area contributed by atoms with E-state index in [-0.39, 0.29) is 4.90 Å². The molecule has 0 aliphatic rings. The Bertz CT molecular complexity index is 821. The number of sulfonamides is 1. The summed E-state index contributed by atoms with van der Waals surface area (Å²) < 4.78 is 44.9. The van der Waals surface area contributed by atoms with Crippen molar-refractivity contribution in [3.63, 3.8) is 0 Å². The first-order valence-corrected chi connectivity index (χ1v) is 9.12. The van der Waals surface area contributed by atoms with Gasteiger partial charge < -0.3 is 10.1 Å². The lowest BCUT2D eigenvalue weighted by Crippen LogP contribution is -2.41. The van der Waals surface area contributed by atoms with Crippen molar-refractivity contribution in [1.29, 1.82) is 0 Å². The zero-order chi connectivity index (χ0) is 18.4. The molecule has 2 aromatic carbocycles. The second kappa shape index (κ2) is 8.09. The van der Waals surface area contributed by atoms with E-state index in [0.29, 0.717) is 18.0 Å². The molecule has 0 heterocycles. The number of carbonyl (C=O) groups excluding carboxylic acids is 1. The van der Waals surface area contributed by atoms with Crippen LogP contribution in [0.1, 0.15) is 13.8 Å². The number of benzene rings is 2. The van der Waals surface area contributed by atoms with Gasteiger partial charge in [0.15, 0.2) is 0 Å². The molecule has 8 heteroatoms. The van der Waals surface area contributed by atoms with Gasteiger partial charge in [0.1, 0.15) is 11.6 Å². The average molecular weight is 366 g/mol. The molecule has 0 saturated carbocycles. The minimum absolute atomic E-state index is 0.116. The summed E-state index contributed by atoms with van der Waals surface area (Å²) in [5.41, 5.74) is 0.515. The molecular formula is C17H19FN2O4S. The van der Waals surface area contributed by atoms with Gasteiger partial charge in [-0.15, -0.1) is 0 Å². The zero-order valence-corrected chi connectivity index (χ0v) is 14.6. The fourth-order valence-electron chi connectivity index (χ4n) is 2.02. The molecule has 0 spiro atoms. The summed E-state index contributed by atoms with van der Waals surface area (Å²) in [7, 11) is -3.93. The van der Waals surface area contributed by atoms with Gasteiger partial charge in [-0.25, -0.2) is 12.8 Å². The van der Waals surface area contributed by atoms with Crippen LogP contribution < -0.4 is 14.8 Å². The number of hydrogen-bond acceptors (Lipinski definition) is 4. The molecule has 1 amide bonds. The third-order valence-electron chi connectivity index (χ3n) is 3.28. The fraction of sp³-hybridized carbons (Fsp3) is 0.235. The zero-order valence-electron chi connectivity index (χ0n) is 13.8. The summed E-state index contributed by atoms with van der Waals surface area (Å²) in [6, 6.07) is 10.1. The standard InChI is InChI=1S/C17H19FN2O4S/c1-3-24-15-8-6-14(7-9-15)19-17(21)12(2)20-25(22,23)16-10-4-13(18)5-11-16/h4-12,20H,3H2,1-2H3,(H,19,21)/t12-/m1/s1. The van der Waals surface area contributed by atoms with Crippen molar-refractivity contribution < 1.29 is 22.3 Å². The first-order chi connectivity index (χ1) is 11.8. The van der Waals surface area contributed by atoms with Crippen molar-refractivity contribution >= 4 is 21.6 Å². The lowest BCUT2D eigenvalue weighted by molar-refractivity contribution is -0.117. The first-order valence-electron chi connectivity index (χ1n) is 7.63. The van der Waals surface area contributed by atoms with Gasteiger partial charge in [0.2, 0.25) is 15.9 Å². The summed E-state index contributed by atoms with van der Waals surface area (Å²) in [5.74, 6) is -0.388. The Morgan fingerprint density at radius 2 is 1.72 bits per heavy atom. The summed E-state index contributed by atoms with van der Waals surface area (Å²) in [4.78, 5) is 12.0. The van der Waals surface area contributed by atoms with E-state index < -0.39 is 27.8 Å². The summed E-state index contributed by atoms with van der Waals surface area (Å²) in [5, 5.41) is 2.61. The summed E-state index contributed by atoms with van der Waals surface area (Å²) >= 11 is 0. The predicted octanol–water partition coefficient (Wildman–Crippen LogP) is 2.53. The molecule has 0 unspecified atom stereocenters. The van der Waals surface area contributed by atoms with E-state index in [1.165, 1.54) is 6.92 Å². The van der Waals surface area contributed by atoms with Crippen LogP contribution in [-0.2, 0) is 14.8 Å². The molecule has 0 bridgehead atoms. The third kappa shape index (κ3) is 5.27. The molecule has 6 nitrogen and oxygen atoms in total. The Kier molecular flexibility index (Phi) is 6.11. The maximum absolute atomic E-state index is 12.9. The molecule has 0 radical (unpaired) electrons. The van der Waals surface area contributed by atoms with Gasteiger partial charge in [-0.05, 0) is 62.4 Å². The normalized spacial score (nSPS) is 12.4. The number of hydrogen-bond donors (Lipinski definition) is 2. The molecule has 2 rings (SSSR count). The molecule has 0 saturated heterocycles. The second-order valence-corrected chi connectivity index (χ2v) is 6.96. The van der Waals surface area contributed by atoms with Gasteiger partial charge in [-0.1, -0.05) is 0 Å². The summed E-state index contributed by atoms with van der Waals surface area (Å²) in [6.07, 6.45) is 0. The Hall–Kier alpha value is -2.45. The number of nitrogens with one attached hydrogen (secondary N) is 2. The van der Waals surface area contributed by atoms with Gasteiger partial charge in [0, 0.05) is 5.69 Å². The van der Waals surface area contributed by atoms with Crippen LogP contribution >= 0.6 is 0 Å². The van der Waals surface area contributed by atoms with Crippen LogP contribution in [-0.4, -0.2) is 27.0 Å². The second-order valence-electron chi connectivity index (χ2n) is 5.24. The summed E-state index contributed by atoms with van der Waals surface area (Å²) in [6.45, 7) is 3.82. The van der Waals surface area contributed by atoms with Crippen molar-refractivity contribution in [1.82, 2.24) is 4.72 Å². The number of carbonyl (C=O) groups is 1. The number of halogens is 1. The van der Waals surface area contributed by atoms with Crippen molar-refractivity contribution in [2.45, 2.75) is 24.8 Å². The smallest absolute Gasteiger partial charge is 0.242 e. The van der Waals surface area contributed by atoms with Crippen molar-refractivity contribution in [2.75, 3.05) is 11.9 Å². The Balaban J connectivity index is 2.00. The van der Waals surface area contributed by atoms with E-state index in [1.54, 1.807) is 24.3 Å². The average Bonchev–Trinajstić information content (AvgIpc) is 2.57. The molecule has 0 aliphatic heterocycles. The lowest BCUT2D eigenvalue weighted by atomic mass is 10.2. The SMILES string of the molecule is CCOc1ccc(NC(=O)[C@@H](C)NS(=O)(=O)c2ccc(F)cc2)cc1. The highest BCUT2D eigenvalue weighted by Gasteiger charge is 2.22. The highest BCUT2D eigenvalue weighted by Crippen LogP contribution is 2.16. The van der Waals surface area contributed by atoms with E-state index in [2.05, 4.69) is 10.0 Å². The highest BCUT2D eigenvalue weighted by molar-refractivity contribution is 7.89. The topological polar surface area (TPSA) is 84.5 Å². The minimum Gasteiger partial charge on any atom is -0.494 e. The van der Waals surface area contributed by atoms with Gasteiger partial charge in [-0.2, -0.15) is 4.72 Å². The lowest BCUT2D eigenvalue weighted by Gasteiger charge is -2.15. The van der Waals surface area contributed by atoms with Gasteiger partial charge >= 0.3 is 0 Å². The molecule has 2 aromatic rings. The quantitative estimate of drug-likeness (QED) is 0.789. The molecular weight excluding hydrogens is 347 g/mol. The van der Waals surface area contributed by atoms with E-state index in [4.69, 9.17) is 4.74 Å². The molecule has 1 atom stereocenters. The van der Waals surface area contributed by atoms with Crippen molar-refractivity contribution in [2.24, 2.45) is 0 Å². The van der Waals surface area contributed by atoms with Crippen LogP contribution in [0, 0.1) is 5.82 Å². The van der Waals surface area contributed by atoms with Gasteiger partial charge in [-0.3, -0.25) is 4.79 Å². The van der Waals surface area contributed by atoms with Crippen LogP contribution in [0.4, 0.5) is 10.1 Å². The Morgan fingerprint density at radius 1 is 1.12 bits per heavy atom. The third-order valence-corrected chi connectivity index (χ3v) is 4.84. The van der Waals surface area contributed by atoms with Crippen molar-refractivity contribution in [3.8, 4) is 5.75 Å². The van der Waals surface area contributed by atoms with Crippen LogP contribution in [0.5, 0.6) is 5.75 Å². The maximum Gasteiger partial charge on any atom is 0.242 e. The van der Waals surface area contributed by atoms with E-state index in [9.17, 15) is 17.6 Å². The predicted molar refractivity (Wildman–Crippen MR) is 92.4 cm³/mol. The number of ether oxygens (including phenoxy) is 1. The van der Waals surface area contributed by atoms with Crippen LogP contribution in [0.2, 0.25) is 0 Å². The molecule has 0 aromatic heterocycles. The molecule has 2 N–H and O–H groups in total. The monoisotopic (exact) mass is 366 g/mol. The minimum atomic E-state index is -3.93. The Labute approximate surface area is 146 Å². The first kappa shape index (κ1) is 18.9. The number of amides is 1. The Morgan fingerprint density at radius 3 is 2.28 bits per heavy atom. The molecule has 134 valence electrons. The van der Waals surface area contributed by atoms with Gasteiger partial charge in [0.25, 0.3) is 0 Å². The van der Waals surface area contributed by atoms with Crippen LogP contribution in [0.25, 0.3) is 0 Å². The van der Waals surface area contributed by atoms with Crippen LogP contribution in [0.15, 0.2) is 53.4 Å². The molecule has 25 heavy (non-hydrogen) atoms. The number of rotatable bonds is 7. The highest BCUT2D eigenvalue weighted by atomic mass is 32.2. The molecule has 0 fully saturated rings. The van der Waals surface area contributed by atoms with Crippen molar-refractivity contribution in [3.05, 3.63) is 54.3 Å². The largest absolute Gasteiger partial charge is 0.494 e. The van der Waals surface area contributed by atoms with E-state index >= 15 is 0 Å². The fourth-order valence-corrected chi connectivity index (χ4v) is 3.22. The van der Waals surface area contributed by atoms with E-state index in [1.807, 2.05) is 6.92 Å².